The number of benzene rings is 1. The smallest absolute Gasteiger partial charge is 0.358 e. The van der Waals surface area contributed by atoms with Gasteiger partial charge in [-0.1, -0.05) is 6.07 Å². The van der Waals surface area contributed by atoms with Gasteiger partial charge in [0.1, 0.15) is 0 Å². The lowest BCUT2D eigenvalue weighted by molar-refractivity contribution is -0.137. The first kappa shape index (κ1) is 13.9. The van der Waals surface area contributed by atoms with Crippen molar-refractivity contribution in [1.29, 1.82) is 0 Å². The number of nitrogens with one attached hydrogen (secondary N) is 2. The molecule has 0 aliphatic rings. The van der Waals surface area contributed by atoms with E-state index in [1.807, 2.05) is 0 Å². The minimum Gasteiger partial charge on any atom is -0.358 e. The van der Waals surface area contributed by atoms with Gasteiger partial charge in [0.05, 0.1) is 11.3 Å². The second-order valence-electron chi connectivity index (χ2n) is 3.95. The molecule has 0 atom stereocenters. The van der Waals surface area contributed by atoms with Crippen LogP contribution in [-0.2, 0) is 11.0 Å². The lowest BCUT2D eigenvalue weighted by atomic mass is 10.2. The highest BCUT2D eigenvalue weighted by atomic mass is 19.4. The van der Waals surface area contributed by atoms with Crippen LogP contribution in [0.4, 0.5) is 18.9 Å². The second-order valence-corrected chi connectivity index (χ2v) is 3.95. The topological polar surface area (TPSA) is 62.0 Å². The average Bonchev–Trinajstić information content (AvgIpc) is 2.91. The summed E-state index contributed by atoms with van der Waals surface area (Å²) in [6, 6.07) is 6.99. The molecule has 2 aromatic rings. The van der Waals surface area contributed by atoms with Crippen molar-refractivity contribution < 1.29 is 22.8 Å². The molecule has 1 aromatic carbocycles. The Morgan fingerprint density at radius 1 is 1.10 bits per heavy atom. The number of rotatable bonds is 3. The molecule has 0 aliphatic carbocycles. The van der Waals surface area contributed by atoms with Crippen LogP contribution in [0.5, 0.6) is 0 Å². The maximum atomic E-state index is 12.5. The number of aromatic amines is 1. The summed E-state index contributed by atoms with van der Waals surface area (Å²) in [5.74, 6) is -1.86. The zero-order valence-corrected chi connectivity index (χ0v) is 9.99. The molecule has 2 rings (SSSR count). The molecule has 7 heteroatoms. The van der Waals surface area contributed by atoms with Crippen molar-refractivity contribution >= 4 is 17.4 Å². The van der Waals surface area contributed by atoms with Crippen LogP contribution in [0.3, 0.4) is 0 Å². The number of amides is 1. The van der Waals surface area contributed by atoms with E-state index in [1.54, 1.807) is 0 Å². The highest BCUT2D eigenvalue weighted by molar-refractivity contribution is 6.46. The third-order valence-corrected chi connectivity index (χ3v) is 2.50. The van der Waals surface area contributed by atoms with Gasteiger partial charge in [-0.2, -0.15) is 13.2 Å². The molecule has 0 radical (unpaired) electrons. The number of halogens is 3. The summed E-state index contributed by atoms with van der Waals surface area (Å²) in [6.45, 7) is 0. The molecule has 0 saturated heterocycles. The van der Waals surface area contributed by atoms with Gasteiger partial charge in [0.2, 0.25) is 0 Å². The van der Waals surface area contributed by atoms with Crippen molar-refractivity contribution in [1.82, 2.24) is 4.98 Å². The first-order valence-corrected chi connectivity index (χ1v) is 5.54. The molecule has 2 N–H and O–H groups in total. The Kier molecular flexibility index (Phi) is 3.60. The number of Topliss-reactive ketones (excluding diaryl/α,β-unsaturated/α-hetero) is 1. The Bertz CT molecular complexity index is 633. The van der Waals surface area contributed by atoms with Gasteiger partial charge in [-0.3, -0.25) is 9.59 Å². The first-order valence-electron chi connectivity index (χ1n) is 5.54. The van der Waals surface area contributed by atoms with Crippen LogP contribution in [0.2, 0.25) is 0 Å². The molecule has 0 bridgehead atoms. The largest absolute Gasteiger partial charge is 0.416 e. The Morgan fingerprint density at radius 3 is 2.45 bits per heavy atom. The summed E-state index contributed by atoms with van der Waals surface area (Å²) < 4.78 is 37.5. The van der Waals surface area contributed by atoms with Gasteiger partial charge < -0.3 is 10.3 Å². The normalized spacial score (nSPS) is 11.2. The minimum atomic E-state index is -4.51. The fourth-order valence-corrected chi connectivity index (χ4v) is 1.56. The SMILES string of the molecule is O=C(Nc1cccc(C(F)(F)F)c1)C(=O)c1ccc[nH]1. The zero-order chi connectivity index (χ0) is 14.8. The fourth-order valence-electron chi connectivity index (χ4n) is 1.56. The van der Waals surface area contributed by atoms with Gasteiger partial charge in [-0.25, -0.2) is 0 Å². The number of H-pyrrole nitrogens is 1. The van der Waals surface area contributed by atoms with E-state index in [0.29, 0.717) is 0 Å². The van der Waals surface area contributed by atoms with Crippen molar-refractivity contribution in [3.63, 3.8) is 0 Å². The van der Waals surface area contributed by atoms with Gasteiger partial charge in [-0.15, -0.1) is 0 Å². The summed E-state index contributed by atoms with van der Waals surface area (Å²) in [7, 11) is 0. The molecule has 0 fully saturated rings. The van der Waals surface area contributed by atoms with Crippen LogP contribution in [0.1, 0.15) is 16.1 Å². The number of aromatic nitrogens is 1. The number of hydrogen-bond donors (Lipinski definition) is 2. The Morgan fingerprint density at radius 2 is 1.85 bits per heavy atom. The summed E-state index contributed by atoms with van der Waals surface area (Å²) in [6.07, 6.45) is -3.05. The molecule has 1 aromatic heterocycles. The van der Waals surface area contributed by atoms with Gasteiger partial charge in [0, 0.05) is 11.9 Å². The Hall–Kier alpha value is -2.57. The van der Waals surface area contributed by atoms with Crippen molar-refractivity contribution in [2.24, 2.45) is 0 Å². The second kappa shape index (κ2) is 5.20. The van der Waals surface area contributed by atoms with E-state index in [2.05, 4.69) is 10.3 Å². The summed E-state index contributed by atoms with van der Waals surface area (Å²) >= 11 is 0. The molecular formula is C13H9F3N2O2. The molecule has 1 amide bonds. The van der Waals surface area contributed by atoms with Gasteiger partial charge in [-0.05, 0) is 30.3 Å². The van der Waals surface area contributed by atoms with E-state index < -0.39 is 23.4 Å². The monoisotopic (exact) mass is 282 g/mol. The number of alkyl halides is 3. The quantitative estimate of drug-likeness (QED) is 0.671. The zero-order valence-electron chi connectivity index (χ0n) is 9.99. The first-order chi connectivity index (χ1) is 9.38. The summed E-state index contributed by atoms with van der Waals surface area (Å²) in [4.78, 5) is 25.8. The van der Waals surface area contributed by atoms with E-state index >= 15 is 0 Å². The summed E-state index contributed by atoms with van der Waals surface area (Å²) in [5, 5.41) is 2.13. The molecule has 104 valence electrons. The number of carbonyl (C=O) groups is 2. The van der Waals surface area contributed by atoms with Gasteiger partial charge in [0.25, 0.3) is 11.7 Å². The maximum absolute atomic E-state index is 12.5. The molecule has 4 nitrogen and oxygen atoms in total. The highest BCUT2D eigenvalue weighted by Gasteiger charge is 2.30. The lowest BCUT2D eigenvalue weighted by Crippen LogP contribution is -2.23. The van der Waals surface area contributed by atoms with Crippen molar-refractivity contribution in [2.45, 2.75) is 6.18 Å². The van der Waals surface area contributed by atoms with Crippen molar-refractivity contribution in [3.8, 4) is 0 Å². The number of anilines is 1. The summed E-state index contributed by atoms with van der Waals surface area (Å²) in [5.41, 5.74) is -0.929. The van der Waals surface area contributed by atoms with E-state index in [1.165, 1.54) is 24.4 Å². The third kappa shape index (κ3) is 3.05. The fraction of sp³-hybridized carbons (Fsp3) is 0.0769. The predicted molar refractivity (Wildman–Crippen MR) is 65.2 cm³/mol. The maximum Gasteiger partial charge on any atom is 0.416 e. The van der Waals surface area contributed by atoms with E-state index in [0.717, 1.165) is 18.2 Å². The lowest BCUT2D eigenvalue weighted by Gasteiger charge is -2.09. The number of carbonyl (C=O) groups excluding carboxylic acids is 2. The highest BCUT2D eigenvalue weighted by Crippen LogP contribution is 2.30. The molecule has 0 unspecified atom stereocenters. The van der Waals surface area contributed by atoms with Crippen LogP contribution in [0, 0.1) is 0 Å². The van der Waals surface area contributed by atoms with Gasteiger partial charge >= 0.3 is 6.18 Å². The van der Waals surface area contributed by atoms with Crippen LogP contribution in [0.15, 0.2) is 42.6 Å². The number of hydrogen-bond acceptors (Lipinski definition) is 2. The molecule has 0 aliphatic heterocycles. The van der Waals surface area contributed by atoms with Crippen LogP contribution >= 0.6 is 0 Å². The third-order valence-electron chi connectivity index (χ3n) is 2.50. The Balaban J connectivity index is 2.14. The molecule has 20 heavy (non-hydrogen) atoms. The van der Waals surface area contributed by atoms with Crippen LogP contribution in [-0.4, -0.2) is 16.7 Å². The Labute approximate surface area is 111 Å². The predicted octanol–water partition coefficient (Wildman–Crippen LogP) is 2.85. The van der Waals surface area contributed by atoms with Crippen LogP contribution < -0.4 is 5.32 Å². The molecular weight excluding hydrogens is 273 g/mol. The van der Waals surface area contributed by atoms with E-state index in [-0.39, 0.29) is 11.4 Å². The van der Waals surface area contributed by atoms with Gasteiger partial charge in [0.15, 0.2) is 0 Å². The number of ketones is 1. The van der Waals surface area contributed by atoms with Crippen molar-refractivity contribution in [2.75, 3.05) is 5.32 Å². The molecule has 1 heterocycles. The molecule has 0 spiro atoms. The van der Waals surface area contributed by atoms with Crippen molar-refractivity contribution in [3.05, 3.63) is 53.9 Å². The average molecular weight is 282 g/mol. The van der Waals surface area contributed by atoms with E-state index in [4.69, 9.17) is 0 Å². The molecule has 0 saturated carbocycles. The minimum absolute atomic E-state index is 0.0643. The standard InChI is InChI=1S/C13H9F3N2O2/c14-13(15,16)8-3-1-4-9(7-8)18-12(20)11(19)10-5-2-6-17-10/h1-7,17H,(H,18,20). The van der Waals surface area contributed by atoms with Crippen LogP contribution in [0.25, 0.3) is 0 Å². The van der Waals surface area contributed by atoms with E-state index in [9.17, 15) is 22.8 Å².